The van der Waals surface area contributed by atoms with Gasteiger partial charge in [-0.05, 0) is 47.9 Å². The van der Waals surface area contributed by atoms with E-state index < -0.39 is 6.09 Å². The first-order chi connectivity index (χ1) is 24.1. The fourth-order valence-electron chi connectivity index (χ4n) is 6.23. The number of morpholine rings is 1. The Morgan fingerprint density at radius 2 is 1.63 bits per heavy atom. The summed E-state index contributed by atoms with van der Waals surface area (Å²) in [6.45, 7) is 6.88. The third-order valence-corrected chi connectivity index (χ3v) is 8.88. The van der Waals surface area contributed by atoms with E-state index in [0.29, 0.717) is 72.4 Å². The maximum absolute atomic E-state index is 11.9. The Morgan fingerprint density at radius 3 is 2.41 bits per heavy atom. The van der Waals surface area contributed by atoms with E-state index in [4.69, 9.17) is 33.2 Å². The Balaban J connectivity index is 1.16. The van der Waals surface area contributed by atoms with Gasteiger partial charge >= 0.3 is 6.09 Å². The van der Waals surface area contributed by atoms with Crippen molar-refractivity contribution in [2.45, 2.75) is 44.5 Å². The molecule has 2 aliphatic heterocycles. The Hall–Kier alpha value is -4.03. The van der Waals surface area contributed by atoms with Crippen molar-refractivity contribution >= 4 is 11.8 Å². The van der Waals surface area contributed by atoms with Crippen molar-refractivity contribution in [3.8, 4) is 17.2 Å². The number of hydrogen-bond donors (Lipinski definition) is 1. The Kier molecular flexibility index (Phi) is 14.2. The molecule has 1 amide bonds. The van der Waals surface area contributed by atoms with Crippen molar-refractivity contribution < 1.29 is 43.1 Å². The van der Waals surface area contributed by atoms with Gasteiger partial charge in [-0.25, -0.2) is 4.79 Å². The number of likely N-dealkylation sites (tertiary alicyclic amines) is 1. The molecule has 0 aromatic heterocycles. The number of amides is 1. The number of para-hydroxylation sites is 1. The zero-order chi connectivity index (χ0) is 34.3. The van der Waals surface area contributed by atoms with E-state index in [-0.39, 0.29) is 12.0 Å². The number of carbonyl (C=O) groups is 1. The number of anilines is 1. The molecule has 2 fully saturated rings. The molecule has 11 heteroatoms. The molecule has 2 heterocycles. The topological polar surface area (TPSA) is 108 Å². The molecular formula is C38H50N2O9. The predicted octanol–water partition coefficient (Wildman–Crippen LogP) is 5.99. The van der Waals surface area contributed by atoms with Crippen LogP contribution in [0.5, 0.6) is 17.2 Å². The van der Waals surface area contributed by atoms with Crippen LogP contribution in [0.2, 0.25) is 0 Å². The summed E-state index contributed by atoms with van der Waals surface area (Å²) in [4.78, 5) is 15.6. The second kappa shape index (κ2) is 19.2. The number of piperidine rings is 1. The summed E-state index contributed by atoms with van der Waals surface area (Å²) in [5.74, 6) is 2.47. The van der Waals surface area contributed by atoms with Crippen LogP contribution in [-0.2, 0) is 32.2 Å². The van der Waals surface area contributed by atoms with Crippen LogP contribution in [0, 0.1) is 0 Å². The highest BCUT2D eigenvalue weighted by Gasteiger charge is 2.33. The number of hydrogen-bond acceptors (Lipinski definition) is 9. The minimum atomic E-state index is -0.927. The number of methoxy groups -OCH3 is 2. The highest BCUT2D eigenvalue weighted by molar-refractivity contribution is 5.65. The smallest absolute Gasteiger partial charge is 0.407 e. The van der Waals surface area contributed by atoms with Crippen LogP contribution in [0.1, 0.15) is 41.9 Å². The standard InChI is InChI=1S/C38H50N2O9/c1-43-19-5-22-48-36-25-29(9-14-34(36)39-17-23-45-24-18-39)27-49-37-26-40(38(41)42)16-15-33(37)30-10-12-32(13-11-30)47-21-6-20-46-28-31-7-3-4-8-35(31)44-2/h3-4,7-14,25,33,37H,5-6,15-24,26-28H2,1-2H3,(H,41,42). The summed E-state index contributed by atoms with van der Waals surface area (Å²) in [7, 11) is 3.35. The number of ether oxygens (including phenoxy) is 7. The van der Waals surface area contributed by atoms with Crippen molar-refractivity contribution in [2.24, 2.45) is 0 Å². The quantitative estimate of drug-likeness (QED) is 0.161. The van der Waals surface area contributed by atoms with E-state index in [9.17, 15) is 9.90 Å². The maximum Gasteiger partial charge on any atom is 0.407 e. The van der Waals surface area contributed by atoms with Crippen molar-refractivity contribution in [1.82, 2.24) is 4.90 Å². The van der Waals surface area contributed by atoms with E-state index >= 15 is 0 Å². The monoisotopic (exact) mass is 678 g/mol. The number of nitrogens with zero attached hydrogens (tertiary/aromatic N) is 2. The normalized spacial score (nSPS) is 17.9. The third kappa shape index (κ3) is 10.7. The van der Waals surface area contributed by atoms with E-state index in [2.05, 4.69) is 29.2 Å². The average molecular weight is 679 g/mol. The molecule has 1 N–H and O–H groups in total. The molecule has 5 rings (SSSR count). The lowest BCUT2D eigenvalue weighted by Gasteiger charge is -2.37. The van der Waals surface area contributed by atoms with Gasteiger partial charge in [-0.15, -0.1) is 0 Å². The molecule has 3 aromatic rings. The minimum absolute atomic E-state index is 0.0467. The predicted molar refractivity (Wildman–Crippen MR) is 186 cm³/mol. The van der Waals surface area contributed by atoms with Crippen LogP contribution < -0.4 is 19.1 Å². The number of benzene rings is 3. The molecule has 0 aliphatic carbocycles. The fraction of sp³-hybridized carbons (Fsp3) is 0.500. The van der Waals surface area contributed by atoms with Crippen molar-refractivity contribution in [2.75, 3.05) is 84.9 Å². The van der Waals surface area contributed by atoms with Gasteiger partial charge in [0.05, 0.1) is 71.7 Å². The van der Waals surface area contributed by atoms with Gasteiger partial charge in [0.25, 0.3) is 0 Å². The van der Waals surface area contributed by atoms with Gasteiger partial charge in [-0.2, -0.15) is 0 Å². The minimum Gasteiger partial charge on any atom is -0.496 e. The Bertz CT molecular complexity index is 1430. The van der Waals surface area contributed by atoms with Crippen LogP contribution in [0.25, 0.3) is 0 Å². The van der Waals surface area contributed by atoms with Crippen LogP contribution >= 0.6 is 0 Å². The molecule has 0 bridgehead atoms. The first-order valence-electron chi connectivity index (χ1n) is 17.1. The number of rotatable bonds is 18. The average Bonchev–Trinajstić information content (AvgIpc) is 3.14. The molecule has 0 saturated carbocycles. The molecule has 2 unspecified atom stereocenters. The molecule has 3 aromatic carbocycles. The summed E-state index contributed by atoms with van der Waals surface area (Å²) < 4.78 is 40.7. The molecule has 0 radical (unpaired) electrons. The Labute approximate surface area is 289 Å². The highest BCUT2D eigenvalue weighted by atomic mass is 16.5. The van der Waals surface area contributed by atoms with Crippen molar-refractivity contribution in [1.29, 1.82) is 0 Å². The van der Waals surface area contributed by atoms with Gasteiger partial charge in [-0.3, -0.25) is 0 Å². The Morgan fingerprint density at radius 1 is 0.857 bits per heavy atom. The van der Waals surface area contributed by atoms with Gasteiger partial charge in [0.1, 0.15) is 17.2 Å². The van der Waals surface area contributed by atoms with E-state index in [1.165, 1.54) is 4.90 Å². The van der Waals surface area contributed by atoms with Gasteiger partial charge in [0.2, 0.25) is 0 Å². The third-order valence-electron chi connectivity index (χ3n) is 8.88. The van der Waals surface area contributed by atoms with Crippen LogP contribution in [0.3, 0.4) is 0 Å². The van der Waals surface area contributed by atoms with Crippen LogP contribution in [-0.4, -0.2) is 102 Å². The molecule has 2 saturated heterocycles. The molecule has 49 heavy (non-hydrogen) atoms. The molecule has 266 valence electrons. The summed E-state index contributed by atoms with van der Waals surface area (Å²) in [5.41, 5.74) is 4.14. The zero-order valence-corrected chi connectivity index (χ0v) is 28.7. The van der Waals surface area contributed by atoms with Crippen LogP contribution in [0.15, 0.2) is 66.7 Å². The first-order valence-corrected chi connectivity index (χ1v) is 17.1. The van der Waals surface area contributed by atoms with E-state index in [1.54, 1.807) is 14.2 Å². The summed E-state index contributed by atoms with van der Waals surface area (Å²) in [5, 5.41) is 9.76. The van der Waals surface area contributed by atoms with Gasteiger partial charge in [-0.1, -0.05) is 36.4 Å². The largest absolute Gasteiger partial charge is 0.496 e. The SMILES string of the molecule is COCCCOc1cc(COC2CN(C(=O)O)CCC2c2ccc(OCCCOCc3ccccc3OC)cc2)ccc1N1CCOCC1. The van der Waals surface area contributed by atoms with Crippen molar-refractivity contribution in [3.63, 3.8) is 0 Å². The zero-order valence-electron chi connectivity index (χ0n) is 28.7. The second-order valence-corrected chi connectivity index (χ2v) is 12.2. The van der Waals surface area contributed by atoms with Crippen LogP contribution in [0.4, 0.5) is 10.5 Å². The van der Waals surface area contributed by atoms with Gasteiger partial charge in [0.15, 0.2) is 0 Å². The summed E-state index contributed by atoms with van der Waals surface area (Å²) in [6.07, 6.45) is 0.988. The lowest BCUT2D eigenvalue weighted by Crippen LogP contribution is -2.46. The summed E-state index contributed by atoms with van der Waals surface area (Å²) >= 11 is 0. The lowest BCUT2D eigenvalue weighted by molar-refractivity contribution is -0.0200. The van der Waals surface area contributed by atoms with E-state index in [0.717, 1.165) is 65.6 Å². The lowest BCUT2D eigenvalue weighted by atomic mass is 9.87. The molecule has 11 nitrogen and oxygen atoms in total. The second-order valence-electron chi connectivity index (χ2n) is 12.2. The highest BCUT2D eigenvalue weighted by Crippen LogP contribution is 2.34. The fourth-order valence-corrected chi connectivity index (χ4v) is 6.23. The van der Waals surface area contributed by atoms with Gasteiger partial charge < -0.3 is 48.1 Å². The molecule has 0 spiro atoms. The molecule has 2 aliphatic rings. The van der Waals surface area contributed by atoms with Gasteiger partial charge in [0, 0.05) is 57.7 Å². The van der Waals surface area contributed by atoms with E-state index in [1.807, 2.05) is 42.5 Å². The first kappa shape index (κ1) is 36.3. The maximum atomic E-state index is 11.9. The number of carboxylic acid groups (broad SMARTS) is 1. The summed E-state index contributed by atoms with van der Waals surface area (Å²) in [6, 6.07) is 22.1. The van der Waals surface area contributed by atoms with Crippen molar-refractivity contribution in [3.05, 3.63) is 83.4 Å². The molecule has 2 atom stereocenters. The molecular weight excluding hydrogens is 628 g/mol.